The molecule has 0 spiro atoms. The third kappa shape index (κ3) is 5.15. The number of aryl methyl sites for hydroxylation is 1. The average Bonchev–Trinajstić information content (AvgIpc) is 3.30. The maximum Gasteiger partial charge on any atom is 0.459 e. The fourth-order valence-corrected chi connectivity index (χ4v) is 3.18. The van der Waals surface area contributed by atoms with Gasteiger partial charge in [-0.3, -0.25) is 4.68 Å². The van der Waals surface area contributed by atoms with Crippen molar-refractivity contribution < 1.29 is 49.2 Å². The molecule has 0 saturated heterocycles. The zero-order valence-electron chi connectivity index (χ0n) is 18.6. The van der Waals surface area contributed by atoms with Gasteiger partial charge in [-0.2, -0.15) is 45.2 Å². The van der Waals surface area contributed by atoms with Gasteiger partial charge in [0, 0.05) is 12.6 Å². The average molecular weight is 547 g/mol. The summed E-state index contributed by atoms with van der Waals surface area (Å²) in [5, 5.41) is 6.03. The van der Waals surface area contributed by atoms with Crippen LogP contribution in [0.4, 0.5) is 35.1 Å². The van der Waals surface area contributed by atoms with Gasteiger partial charge in [-0.1, -0.05) is 16.8 Å². The number of hydrogen-bond acceptors (Lipinski definition) is 6. The number of esters is 1. The van der Waals surface area contributed by atoms with E-state index in [2.05, 4.69) is 15.2 Å². The summed E-state index contributed by atoms with van der Waals surface area (Å²) in [7, 11) is 0.708. The van der Waals surface area contributed by atoms with Gasteiger partial charge in [-0.15, -0.1) is 0 Å². The number of rotatable bonds is 4. The molecule has 0 fully saturated rings. The normalized spacial score (nSPS) is 13.2. The largest absolute Gasteiger partial charge is 0.459 e. The molecule has 16 heteroatoms. The summed E-state index contributed by atoms with van der Waals surface area (Å²) in [5.74, 6) is -8.26. The minimum Gasteiger partial charge on any atom is -0.456 e. The van der Waals surface area contributed by atoms with E-state index >= 15 is 0 Å². The first kappa shape index (κ1) is 27.4. The SMILES string of the molecule is Cn1nc(C(F)(F)C(F)(F)F)c(C(F)(F)F)c1-c1noc(-c2ccc(Cl)c(C(=O)OC(C)(C)C)c2)n1. The quantitative estimate of drug-likeness (QED) is 0.277. The van der Waals surface area contributed by atoms with E-state index in [1.165, 1.54) is 12.1 Å². The summed E-state index contributed by atoms with van der Waals surface area (Å²) in [6.07, 6.45) is -12.1. The van der Waals surface area contributed by atoms with Crippen molar-refractivity contribution in [3.05, 3.63) is 40.0 Å². The van der Waals surface area contributed by atoms with E-state index in [4.69, 9.17) is 20.9 Å². The first-order chi connectivity index (χ1) is 16.2. The molecule has 0 aliphatic heterocycles. The van der Waals surface area contributed by atoms with Crippen LogP contribution in [-0.4, -0.2) is 37.7 Å². The highest BCUT2D eigenvalue weighted by Crippen LogP contribution is 2.50. The number of carbonyl (C=O) groups excluding carboxylic acids is 1. The Morgan fingerprint density at radius 3 is 2.19 bits per heavy atom. The number of nitrogens with zero attached hydrogens (tertiary/aromatic N) is 4. The first-order valence-electron chi connectivity index (χ1n) is 9.70. The van der Waals surface area contributed by atoms with E-state index in [1.54, 1.807) is 20.8 Å². The minimum absolute atomic E-state index is 0.0319. The monoisotopic (exact) mass is 546 g/mol. The lowest BCUT2D eigenvalue weighted by Crippen LogP contribution is -2.36. The lowest BCUT2D eigenvalue weighted by Gasteiger charge is -2.20. The summed E-state index contributed by atoms with van der Waals surface area (Å²) in [4.78, 5) is 16.1. The van der Waals surface area contributed by atoms with Crippen LogP contribution in [0.2, 0.25) is 5.02 Å². The Morgan fingerprint density at radius 2 is 1.67 bits per heavy atom. The smallest absolute Gasteiger partial charge is 0.456 e. The molecule has 0 N–H and O–H groups in total. The number of aromatic nitrogens is 4. The predicted molar refractivity (Wildman–Crippen MR) is 107 cm³/mol. The van der Waals surface area contributed by atoms with Crippen molar-refractivity contribution >= 4 is 17.6 Å². The van der Waals surface area contributed by atoms with Crippen LogP contribution < -0.4 is 0 Å². The van der Waals surface area contributed by atoms with Crippen molar-refractivity contribution in [1.82, 2.24) is 19.9 Å². The van der Waals surface area contributed by atoms with Gasteiger partial charge in [0.05, 0.1) is 10.6 Å². The van der Waals surface area contributed by atoms with E-state index in [9.17, 15) is 39.9 Å². The summed E-state index contributed by atoms with van der Waals surface area (Å²) >= 11 is 6.02. The second kappa shape index (κ2) is 8.71. The molecule has 0 atom stereocenters. The molecule has 0 aliphatic carbocycles. The maximum atomic E-state index is 13.9. The molecule has 0 aliphatic rings. The summed E-state index contributed by atoms with van der Waals surface area (Å²) in [5.41, 5.74) is -7.33. The van der Waals surface area contributed by atoms with Crippen LogP contribution in [0.25, 0.3) is 23.0 Å². The molecule has 196 valence electrons. The highest BCUT2D eigenvalue weighted by molar-refractivity contribution is 6.33. The maximum absolute atomic E-state index is 13.9. The van der Waals surface area contributed by atoms with Gasteiger partial charge >= 0.3 is 24.2 Å². The summed E-state index contributed by atoms with van der Waals surface area (Å²) in [6.45, 7) is 4.78. The van der Waals surface area contributed by atoms with Gasteiger partial charge in [0.15, 0.2) is 5.69 Å². The molecular weight excluding hydrogens is 532 g/mol. The van der Waals surface area contributed by atoms with Crippen molar-refractivity contribution in [1.29, 1.82) is 0 Å². The number of benzene rings is 1. The number of halogens is 9. The van der Waals surface area contributed by atoms with Gasteiger partial charge in [0.1, 0.15) is 16.9 Å². The lowest BCUT2D eigenvalue weighted by atomic mass is 10.1. The third-order valence-electron chi connectivity index (χ3n) is 4.45. The van der Waals surface area contributed by atoms with Crippen LogP contribution in [0.1, 0.15) is 42.4 Å². The van der Waals surface area contributed by atoms with Crippen LogP contribution in [0.3, 0.4) is 0 Å². The predicted octanol–water partition coefficient (Wildman–Crippen LogP) is 6.42. The molecule has 0 amide bonds. The van der Waals surface area contributed by atoms with Crippen molar-refractivity contribution in [2.75, 3.05) is 0 Å². The Morgan fingerprint density at radius 1 is 1.06 bits per heavy atom. The highest BCUT2D eigenvalue weighted by atomic mass is 35.5. The molecule has 36 heavy (non-hydrogen) atoms. The van der Waals surface area contributed by atoms with E-state index in [-0.39, 0.29) is 20.8 Å². The Balaban J connectivity index is 2.13. The van der Waals surface area contributed by atoms with Crippen molar-refractivity contribution in [2.45, 2.75) is 44.6 Å². The zero-order valence-corrected chi connectivity index (χ0v) is 19.4. The molecule has 2 aromatic heterocycles. The topological polar surface area (TPSA) is 83.0 Å². The molecule has 0 radical (unpaired) electrons. The van der Waals surface area contributed by atoms with E-state index in [0.717, 1.165) is 6.07 Å². The summed E-state index contributed by atoms with van der Waals surface area (Å²) in [6, 6.07) is 3.61. The fraction of sp³-hybridized carbons (Fsp3) is 0.400. The lowest BCUT2D eigenvalue weighted by molar-refractivity contribution is -0.292. The van der Waals surface area contributed by atoms with Gasteiger partial charge < -0.3 is 9.26 Å². The van der Waals surface area contributed by atoms with Gasteiger partial charge in [0.25, 0.3) is 5.89 Å². The minimum atomic E-state index is -6.36. The molecule has 3 rings (SSSR count). The van der Waals surface area contributed by atoms with E-state index in [1.807, 2.05) is 0 Å². The number of carbonyl (C=O) groups is 1. The second-order valence-corrected chi connectivity index (χ2v) is 8.79. The summed E-state index contributed by atoms with van der Waals surface area (Å²) < 4.78 is 118. The van der Waals surface area contributed by atoms with Crippen LogP contribution in [0, 0.1) is 0 Å². The zero-order chi connectivity index (χ0) is 27.4. The first-order valence-corrected chi connectivity index (χ1v) is 10.1. The molecule has 7 nitrogen and oxygen atoms in total. The molecule has 0 bridgehead atoms. The van der Waals surface area contributed by atoms with Crippen LogP contribution in [0.5, 0.6) is 0 Å². The Kier molecular flexibility index (Phi) is 6.62. The fourth-order valence-electron chi connectivity index (χ4n) is 2.99. The Hall–Kier alpha value is -3.23. The van der Waals surface area contributed by atoms with Crippen molar-refractivity contribution in [3.63, 3.8) is 0 Å². The van der Waals surface area contributed by atoms with Crippen LogP contribution in [-0.2, 0) is 23.9 Å². The van der Waals surface area contributed by atoms with Gasteiger partial charge in [-0.25, -0.2) is 4.79 Å². The van der Waals surface area contributed by atoms with E-state index < -0.39 is 58.5 Å². The highest BCUT2D eigenvalue weighted by Gasteiger charge is 2.64. The standard InChI is InChI=1S/C20H15ClF8N4O3/c1-17(2,3)35-16(34)9-7-8(5-6-10(9)21)15-30-14(32-36-15)12-11(19(24,25)26)13(31-33(12)4)18(22,23)20(27,28)29/h5-7H,1-4H3. The van der Waals surface area contributed by atoms with E-state index in [0.29, 0.717) is 7.05 Å². The molecule has 3 aromatic rings. The Bertz CT molecular complexity index is 1310. The van der Waals surface area contributed by atoms with Crippen LogP contribution >= 0.6 is 11.6 Å². The second-order valence-electron chi connectivity index (χ2n) is 8.39. The molecule has 1 aromatic carbocycles. The molecule has 0 unspecified atom stereocenters. The number of alkyl halides is 8. The van der Waals surface area contributed by atoms with Gasteiger partial charge in [0.2, 0.25) is 5.82 Å². The third-order valence-corrected chi connectivity index (χ3v) is 4.78. The number of ether oxygens (including phenoxy) is 1. The molecule has 0 saturated carbocycles. The Labute approximate surface area is 202 Å². The number of hydrogen-bond donors (Lipinski definition) is 0. The van der Waals surface area contributed by atoms with Crippen molar-refractivity contribution in [3.8, 4) is 23.0 Å². The molecule has 2 heterocycles. The van der Waals surface area contributed by atoms with Crippen molar-refractivity contribution in [2.24, 2.45) is 7.05 Å². The van der Waals surface area contributed by atoms with Gasteiger partial charge in [-0.05, 0) is 39.0 Å². The van der Waals surface area contributed by atoms with Crippen LogP contribution in [0.15, 0.2) is 22.7 Å². The molecular formula is C20H15ClF8N4O3.